The van der Waals surface area contributed by atoms with Crippen LogP contribution in [-0.4, -0.2) is 49.8 Å². The maximum absolute atomic E-state index is 12.8. The molecule has 2 atom stereocenters. The van der Waals surface area contributed by atoms with Gasteiger partial charge in [-0.05, 0) is 43.2 Å². The van der Waals surface area contributed by atoms with Crippen molar-refractivity contribution < 1.29 is 11.3 Å². The topological polar surface area (TPSA) is 95.1 Å². The highest BCUT2D eigenvalue weighted by Gasteiger charge is 2.29. The predicted molar refractivity (Wildman–Crippen MR) is 116 cm³/mol. The molecule has 0 radical (unpaired) electrons. The Morgan fingerprint density at radius 1 is 1.55 bits per heavy atom. The first-order valence-corrected chi connectivity index (χ1v) is 10.7. The summed E-state index contributed by atoms with van der Waals surface area (Å²) in [5, 5.41) is 19.7. The fourth-order valence-corrected chi connectivity index (χ4v) is 4.92. The second kappa shape index (κ2) is 8.04. The fourth-order valence-electron chi connectivity index (χ4n) is 4.03. The Labute approximate surface area is 174 Å². The molecule has 3 aromatic heterocycles. The lowest BCUT2D eigenvalue weighted by molar-refractivity contribution is -0.132. The molecule has 1 saturated heterocycles. The quantitative estimate of drug-likeness (QED) is 0.602. The fraction of sp³-hybridized carbons (Fsp3) is 0.429. The van der Waals surface area contributed by atoms with Crippen molar-refractivity contribution in [1.82, 2.24) is 19.4 Å². The molecule has 1 amide bonds. The van der Waals surface area contributed by atoms with Crippen LogP contribution in [0.3, 0.4) is 0 Å². The smallest absolute Gasteiger partial charge is 0.222 e. The summed E-state index contributed by atoms with van der Waals surface area (Å²) in [6.45, 7) is 4.11. The highest BCUT2D eigenvalue weighted by molar-refractivity contribution is 7.18. The number of carbonyl (C=O) groups is 1. The Balaban J connectivity index is 1.66. The number of imidazole rings is 1. The largest absolute Gasteiger partial charge is 0.385 e. The number of fused-ring (bicyclic) bond motifs is 3. The van der Waals surface area contributed by atoms with E-state index >= 15 is 0 Å². The lowest BCUT2D eigenvalue weighted by Gasteiger charge is -2.35. The Kier molecular flexibility index (Phi) is 5.12. The van der Waals surface area contributed by atoms with Gasteiger partial charge in [-0.3, -0.25) is 9.78 Å². The van der Waals surface area contributed by atoms with E-state index in [4.69, 9.17) is 6.78 Å². The van der Waals surface area contributed by atoms with Crippen LogP contribution in [0.5, 0.6) is 0 Å². The second-order valence-electron chi connectivity index (χ2n) is 7.50. The summed E-state index contributed by atoms with van der Waals surface area (Å²) >= 11 is 1.61. The maximum Gasteiger partial charge on any atom is 0.222 e. The van der Waals surface area contributed by atoms with E-state index in [9.17, 15) is 9.90 Å². The van der Waals surface area contributed by atoms with Gasteiger partial charge in [0.25, 0.3) is 0 Å². The molecule has 2 N–H and O–H groups in total. The van der Waals surface area contributed by atoms with E-state index in [1.54, 1.807) is 24.5 Å². The van der Waals surface area contributed by atoms with Gasteiger partial charge in [0.15, 0.2) is 0 Å². The van der Waals surface area contributed by atoms with E-state index in [2.05, 4.69) is 14.5 Å². The van der Waals surface area contributed by atoms with Crippen molar-refractivity contribution in [2.45, 2.75) is 44.8 Å². The number of rotatable bonds is 6. The van der Waals surface area contributed by atoms with Crippen molar-refractivity contribution in [2.75, 3.05) is 13.1 Å². The van der Waals surface area contributed by atoms with E-state index < -0.39 is 6.10 Å². The summed E-state index contributed by atoms with van der Waals surface area (Å²) in [6, 6.07) is 2.01. The third-order valence-corrected chi connectivity index (χ3v) is 6.36. The van der Waals surface area contributed by atoms with E-state index in [0.717, 1.165) is 46.9 Å². The van der Waals surface area contributed by atoms with Crippen LogP contribution in [-0.2, 0) is 4.79 Å². The van der Waals surface area contributed by atoms with E-state index in [1.165, 1.54) is 0 Å². The Morgan fingerprint density at radius 2 is 2.41 bits per heavy atom. The molecule has 8 heteroatoms. The summed E-state index contributed by atoms with van der Waals surface area (Å²) in [7, 11) is 0. The zero-order valence-corrected chi connectivity index (χ0v) is 17.2. The number of piperidine rings is 1. The summed E-state index contributed by atoms with van der Waals surface area (Å²) in [4.78, 5) is 23.8. The minimum atomic E-state index is -0.726. The molecule has 3 aromatic rings. The van der Waals surface area contributed by atoms with Crippen molar-refractivity contribution >= 4 is 44.7 Å². The van der Waals surface area contributed by atoms with Crippen molar-refractivity contribution in [2.24, 2.45) is 0 Å². The van der Waals surface area contributed by atoms with Gasteiger partial charge >= 0.3 is 0 Å². The van der Waals surface area contributed by atoms with Gasteiger partial charge in [-0.15, -0.1) is 11.3 Å². The van der Waals surface area contributed by atoms with Gasteiger partial charge in [0.2, 0.25) is 5.91 Å². The molecule has 29 heavy (non-hydrogen) atoms. The first-order chi connectivity index (χ1) is 14.5. The molecule has 1 fully saturated rings. The Morgan fingerprint density at radius 3 is 3.17 bits per heavy atom. The van der Waals surface area contributed by atoms with Crippen molar-refractivity contribution in [3.63, 3.8) is 0 Å². The number of hydrogen-bond acceptors (Lipinski definition) is 6. The third kappa shape index (κ3) is 3.70. The molecule has 0 bridgehead atoms. The lowest BCUT2D eigenvalue weighted by Crippen LogP contribution is -2.41. The molecule has 4 heterocycles. The normalized spacial score (nSPS) is 19.5. The number of hydrogen-bond donors (Lipinski definition) is 2. The van der Waals surface area contributed by atoms with Crippen LogP contribution in [0.2, 0.25) is 0 Å². The molecule has 0 spiro atoms. The van der Waals surface area contributed by atoms with Crippen LogP contribution in [0.25, 0.3) is 21.3 Å². The summed E-state index contributed by atoms with van der Waals surface area (Å²) in [5.41, 5.74) is 3.20. The van der Waals surface area contributed by atoms with Crippen LogP contribution in [0.1, 0.15) is 51.9 Å². The van der Waals surface area contributed by atoms with Gasteiger partial charge in [0.1, 0.15) is 17.4 Å². The molecule has 0 aliphatic carbocycles. The van der Waals surface area contributed by atoms with E-state index in [1.807, 2.05) is 16.3 Å². The van der Waals surface area contributed by atoms with Gasteiger partial charge < -0.3 is 20.0 Å². The van der Waals surface area contributed by atoms with Crippen LogP contribution in [0.15, 0.2) is 29.8 Å². The van der Waals surface area contributed by atoms with Crippen molar-refractivity contribution in [1.29, 1.82) is 5.41 Å². The zero-order valence-electron chi connectivity index (χ0n) is 17.3. The first-order valence-electron chi connectivity index (χ1n) is 10.4. The standard InChI is InChI=1S/C21H25N5O2S/c1-13(10-22)5-6-18(28)25-8-3-4-15(12-25)26-19-17(24-21(26)14(2)27)11-23-16-7-9-29-20(16)19/h7,9-11,14-15,22,27H,1,3-6,8,12H2,2H3/t14-,15+/m1/s1. The summed E-state index contributed by atoms with van der Waals surface area (Å²) in [5.74, 6) is 0.641. The molecule has 7 nitrogen and oxygen atoms in total. The van der Waals surface area contributed by atoms with Crippen LogP contribution < -0.4 is 0 Å². The maximum atomic E-state index is 12.8. The van der Waals surface area contributed by atoms with Crippen LogP contribution in [0.4, 0.5) is 0 Å². The third-order valence-electron chi connectivity index (χ3n) is 5.45. The number of aliphatic hydroxyl groups is 1. The van der Waals surface area contributed by atoms with Gasteiger partial charge in [0.05, 0.1) is 29.3 Å². The molecular weight excluding hydrogens is 386 g/mol. The zero-order chi connectivity index (χ0) is 21.3. The molecule has 1 aliphatic rings. The monoisotopic (exact) mass is 411 g/mol. The molecule has 4 rings (SSSR count). The van der Waals surface area contributed by atoms with Gasteiger partial charge in [-0.1, -0.05) is 6.55 Å². The van der Waals surface area contributed by atoms with Gasteiger partial charge in [-0.25, -0.2) is 4.98 Å². The average Bonchev–Trinajstić information content (AvgIpc) is 3.38. The lowest BCUT2D eigenvalue weighted by atomic mass is 10.0. The number of amides is 1. The molecule has 0 saturated carbocycles. The number of likely N-dealkylation sites (tertiary alicyclic amines) is 1. The number of aromatic nitrogens is 3. The number of nitrogens with one attached hydrogen (secondary N) is 1. The predicted octanol–water partition coefficient (Wildman–Crippen LogP) is 3.85. The summed E-state index contributed by atoms with van der Waals surface area (Å²) in [6.07, 6.45) is 4.64. The molecule has 152 valence electrons. The number of carbonyl (C=O) groups excluding carboxylic acids is 1. The number of thiophene rings is 1. The van der Waals surface area contributed by atoms with Crippen LogP contribution >= 0.6 is 11.3 Å². The molecule has 0 unspecified atom stereocenters. The number of aliphatic hydroxyl groups excluding tert-OH is 1. The number of pyridine rings is 1. The summed E-state index contributed by atoms with van der Waals surface area (Å²) < 4.78 is 10.5. The highest BCUT2D eigenvalue weighted by atomic mass is 32.1. The SMILES string of the molecule is [H]/C=C(\C=N)CCC(=O)N1CCC[C@H](n2c([C@@H](C)O)nc3cnc4ccsc4c32)C1. The van der Waals surface area contributed by atoms with Crippen LogP contribution in [0, 0.1) is 5.41 Å². The molecule has 0 aromatic carbocycles. The van der Waals surface area contributed by atoms with Crippen molar-refractivity contribution in [3.8, 4) is 0 Å². The van der Waals surface area contributed by atoms with Gasteiger partial charge in [-0.2, -0.15) is 0 Å². The highest BCUT2D eigenvalue weighted by Crippen LogP contribution is 2.35. The van der Waals surface area contributed by atoms with Crippen molar-refractivity contribution in [3.05, 3.63) is 35.6 Å². The molecule has 1 aliphatic heterocycles. The van der Waals surface area contributed by atoms with Gasteiger partial charge in [0, 0.05) is 25.7 Å². The first kappa shape index (κ1) is 18.4. The van der Waals surface area contributed by atoms with E-state index in [-0.39, 0.29) is 11.9 Å². The minimum absolute atomic E-state index is 0.0268. The second-order valence-corrected chi connectivity index (χ2v) is 8.41. The number of allylic oxidation sites excluding steroid dienone is 1. The Hall–Kier alpha value is -2.58. The minimum Gasteiger partial charge on any atom is -0.385 e. The van der Waals surface area contributed by atoms with E-state index in [0.29, 0.717) is 37.3 Å². The number of nitrogens with zero attached hydrogens (tertiary/aromatic N) is 4. The Bertz CT molecular complexity index is 1120. The molecular formula is C21H25N5O2S. The average molecular weight is 412 g/mol.